The summed E-state index contributed by atoms with van der Waals surface area (Å²) in [6.07, 6.45) is 3.65. The van der Waals surface area contributed by atoms with Crippen molar-refractivity contribution >= 4 is 17.7 Å². The summed E-state index contributed by atoms with van der Waals surface area (Å²) in [6, 6.07) is 0. The fourth-order valence-corrected chi connectivity index (χ4v) is 2.96. The fraction of sp³-hybridized carbons (Fsp3) is 0.900. The van der Waals surface area contributed by atoms with E-state index in [1.54, 1.807) is 11.8 Å². The van der Waals surface area contributed by atoms with Gasteiger partial charge in [0.15, 0.2) is 0 Å². The second kappa shape index (κ2) is 4.89. The molecule has 0 aromatic rings. The molecule has 1 rings (SSSR count). The highest BCUT2D eigenvalue weighted by Gasteiger charge is 2.24. The molecule has 1 saturated carbocycles. The highest BCUT2D eigenvalue weighted by atomic mass is 32.2. The molecule has 3 atom stereocenters. The molecule has 0 bridgehead atoms. The normalized spacial score (nSPS) is 34.5. The third-order valence-corrected chi connectivity index (χ3v) is 4.31. The van der Waals surface area contributed by atoms with Crippen LogP contribution >= 0.6 is 11.8 Å². The Morgan fingerprint density at radius 1 is 1.38 bits per heavy atom. The number of hydrogen-bond acceptors (Lipinski definition) is 2. The summed E-state index contributed by atoms with van der Waals surface area (Å²) in [6.45, 7) is 4.57. The van der Waals surface area contributed by atoms with Gasteiger partial charge in [-0.3, -0.25) is 4.79 Å². The summed E-state index contributed by atoms with van der Waals surface area (Å²) >= 11 is 1.61. The van der Waals surface area contributed by atoms with Crippen LogP contribution < -0.4 is 0 Å². The molecule has 76 valence electrons. The van der Waals surface area contributed by atoms with E-state index in [1.807, 2.05) is 0 Å². The molecule has 0 aromatic carbocycles. The second-order valence-electron chi connectivity index (χ2n) is 4.09. The van der Waals surface area contributed by atoms with E-state index >= 15 is 0 Å². The van der Waals surface area contributed by atoms with Crippen LogP contribution in [-0.2, 0) is 4.79 Å². The molecular formula is C10H18O2S. The number of carboxylic acid groups (broad SMARTS) is 1. The molecule has 13 heavy (non-hydrogen) atoms. The maximum absolute atomic E-state index is 10.4. The van der Waals surface area contributed by atoms with Gasteiger partial charge in [-0.15, -0.1) is 11.8 Å². The van der Waals surface area contributed by atoms with E-state index in [-0.39, 0.29) is 5.75 Å². The zero-order valence-corrected chi connectivity index (χ0v) is 9.14. The van der Waals surface area contributed by atoms with Crippen molar-refractivity contribution in [3.8, 4) is 0 Å². The summed E-state index contributed by atoms with van der Waals surface area (Å²) in [4.78, 5) is 10.4. The van der Waals surface area contributed by atoms with Gasteiger partial charge < -0.3 is 5.11 Å². The molecule has 0 saturated heterocycles. The average Bonchev–Trinajstić information content (AvgIpc) is 2.07. The van der Waals surface area contributed by atoms with Crippen molar-refractivity contribution in [3.63, 3.8) is 0 Å². The van der Waals surface area contributed by atoms with Crippen molar-refractivity contribution in [1.82, 2.24) is 0 Å². The van der Waals surface area contributed by atoms with Crippen LogP contribution in [0.2, 0.25) is 0 Å². The van der Waals surface area contributed by atoms with Crippen molar-refractivity contribution in [1.29, 1.82) is 0 Å². The predicted molar refractivity (Wildman–Crippen MR) is 56.1 cm³/mol. The highest BCUT2D eigenvalue weighted by molar-refractivity contribution is 8.00. The van der Waals surface area contributed by atoms with Crippen LogP contribution in [0.3, 0.4) is 0 Å². The smallest absolute Gasteiger partial charge is 0.313 e. The number of hydrogen-bond donors (Lipinski definition) is 1. The fourth-order valence-electron chi connectivity index (χ4n) is 1.84. The SMILES string of the molecule is CC1CCC(SCC(=O)O)CC1C. The second-order valence-corrected chi connectivity index (χ2v) is 5.38. The first-order chi connectivity index (χ1) is 6.09. The first-order valence-corrected chi connectivity index (χ1v) is 5.98. The van der Waals surface area contributed by atoms with Crippen molar-refractivity contribution in [2.24, 2.45) is 11.8 Å². The first-order valence-electron chi connectivity index (χ1n) is 4.93. The maximum atomic E-state index is 10.4. The number of carboxylic acids is 1. The van der Waals surface area contributed by atoms with Crippen LogP contribution in [0.25, 0.3) is 0 Å². The van der Waals surface area contributed by atoms with E-state index in [0.29, 0.717) is 5.25 Å². The topological polar surface area (TPSA) is 37.3 Å². The largest absolute Gasteiger partial charge is 0.481 e. The Bertz CT molecular complexity index is 182. The zero-order valence-electron chi connectivity index (χ0n) is 8.32. The molecule has 3 unspecified atom stereocenters. The standard InChI is InChI=1S/C10H18O2S/c1-7-3-4-9(5-8(7)2)13-6-10(11)12/h7-9H,3-6H2,1-2H3,(H,11,12). The zero-order chi connectivity index (χ0) is 9.84. The Hall–Kier alpha value is -0.180. The van der Waals surface area contributed by atoms with Gasteiger partial charge in [-0.1, -0.05) is 13.8 Å². The quantitative estimate of drug-likeness (QED) is 0.764. The van der Waals surface area contributed by atoms with Gasteiger partial charge in [-0.05, 0) is 31.1 Å². The van der Waals surface area contributed by atoms with Crippen molar-refractivity contribution in [3.05, 3.63) is 0 Å². The molecule has 1 N–H and O–H groups in total. The third kappa shape index (κ3) is 3.59. The minimum Gasteiger partial charge on any atom is -0.481 e. The van der Waals surface area contributed by atoms with Gasteiger partial charge in [0.25, 0.3) is 0 Å². The van der Waals surface area contributed by atoms with E-state index in [0.717, 1.165) is 11.8 Å². The van der Waals surface area contributed by atoms with Gasteiger partial charge in [-0.25, -0.2) is 0 Å². The van der Waals surface area contributed by atoms with Gasteiger partial charge in [0.05, 0.1) is 5.75 Å². The molecule has 0 aliphatic heterocycles. The summed E-state index contributed by atoms with van der Waals surface area (Å²) in [5, 5.41) is 9.13. The number of thioether (sulfide) groups is 1. The molecule has 0 heterocycles. The Morgan fingerprint density at radius 2 is 2.08 bits per heavy atom. The van der Waals surface area contributed by atoms with Gasteiger partial charge >= 0.3 is 5.97 Å². The predicted octanol–water partition coefficient (Wildman–Crippen LogP) is 2.63. The Labute approximate surface area is 84.1 Å². The van der Waals surface area contributed by atoms with Gasteiger partial charge in [0, 0.05) is 5.25 Å². The van der Waals surface area contributed by atoms with Crippen molar-refractivity contribution in [2.75, 3.05) is 5.75 Å². The molecule has 1 aliphatic rings. The van der Waals surface area contributed by atoms with E-state index in [9.17, 15) is 4.79 Å². The molecule has 3 heteroatoms. The number of rotatable bonds is 3. The van der Waals surface area contributed by atoms with Crippen LogP contribution in [0.5, 0.6) is 0 Å². The van der Waals surface area contributed by atoms with Gasteiger partial charge in [-0.2, -0.15) is 0 Å². The van der Waals surface area contributed by atoms with Crippen LogP contribution in [0.4, 0.5) is 0 Å². The maximum Gasteiger partial charge on any atom is 0.313 e. The average molecular weight is 202 g/mol. The van der Waals surface area contributed by atoms with Crippen LogP contribution in [0, 0.1) is 11.8 Å². The minimum atomic E-state index is -0.684. The van der Waals surface area contributed by atoms with Crippen LogP contribution in [0.15, 0.2) is 0 Å². The number of aliphatic carboxylic acids is 1. The third-order valence-electron chi connectivity index (χ3n) is 2.99. The lowest BCUT2D eigenvalue weighted by atomic mass is 9.81. The summed E-state index contributed by atoms with van der Waals surface area (Å²) < 4.78 is 0. The van der Waals surface area contributed by atoms with Gasteiger partial charge in [0.2, 0.25) is 0 Å². The summed E-state index contributed by atoms with van der Waals surface area (Å²) in [5.41, 5.74) is 0. The van der Waals surface area contributed by atoms with E-state index in [4.69, 9.17) is 5.11 Å². The van der Waals surface area contributed by atoms with E-state index < -0.39 is 5.97 Å². The molecule has 0 radical (unpaired) electrons. The molecule has 0 spiro atoms. The van der Waals surface area contributed by atoms with E-state index in [1.165, 1.54) is 19.3 Å². The van der Waals surface area contributed by atoms with E-state index in [2.05, 4.69) is 13.8 Å². The van der Waals surface area contributed by atoms with Crippen molar-refractivity contribution < 1.29 is 9.90 Å². The van der Waals surface area contributed by atoms with Crippen LogP contribution in [-0.4, -0.2) is 22.1 Å². The Kier molecular flexibility index (Phi) is 4.10. The lowest BCUT2D eigenvalue weighted by Crippen LogP contribution is -2.23. The summed E-state index contributed by atoms with van der Waals surface area (Å²) in [7, 11) is 0. The Morgan fingerprint density at radius 3 is 2.62 bits per heavy atom. The highest BCUT2D eigenvalue weighted by Crippen LogP contribution is 2.35. The Balaban J connectivity index is 2.25. The minimum absolute atomic E-state index is 0.270. The molecule has 0 aromatic heterocycles. The molecule has 2 nitrogen and oxygen atoms in total. The monoisotopic (exact) mass is 202 g/mol. The van der Waals surface area contributed by atoms with Gasteiger partial charge in [0.1, 0.15) is 0 Å². The lowest BCUT2D eigenvalue weighted by Gasteiger charge is -2.31. The molecule has 1 fully saturated rings. The van der Waals surface area contributed by atoms with Crippen molar-refractivity contribution in [2.45, 2.75) is 38.4 Å². The molecule has 1 aliphatic carbocycles. The lowest BCUT2D eigenvalue weighted by molar-refractivity contribution is -0.133. The molecule has 0 amide bonds. The molecular weight excluding hydrogens is 184 g/mol. The first kappa shape index (κ1) is 10.9. The van der Waals surface area contributed by atoms with Crippen LogP contribution in [0.1, 0.15) is 33.1 Å². The summed E-state index contributed by atoms with van der Waals surface area (Å²) in [5.74, 6) is 1.17. The number of carbonyl (C=O) groups is 1.